The van der Waals surface area contributed by atoms with Gasteiger partial charge in [-0.05, 0) is 37.1 Å². The molecule has 0 amide bonds. The van der Waals surface area contributed by atoms with Crippen molar-refractivity contribution in [2.75, 3.05) is 13.1 Å². The minimum atomic E-state index is 0.489. The topological polar surface area (TPSA) is 29.9 Å². The molecule has 21 heavy (non-hydrogen) atoms. The molecule has 112 valence electrons. The summed E-state index contributed by atoms with van der Waals surface area (Å²) in [5.41, 5.74) is 2.74. The van der Waals surface area contributed by atoms with E-state index in [4.69, 9.17) is 11.6 Å². The van der Waals surface area contributed by atoms with Crippen molar-refractivity contribution in [1.29, 1.82) is 0 Å². The van der Waals surface area contributed by atoms with Gasteiger partial charge in [0.1, 0.15) is 0 Å². The van der Waals surface area contributed by atoms with E-state index in [1.807, 2.05) is 18.5 Å². The number of nitrogens with zero attached hydrogens (tertiary/aromatic N) is 2. The van der Waals surface area contributed by atoms with Gasteiger partial charge in [0.15, 0.2) is 0 Å². The zero-order valence-electron chi connectivity index (χ0n) is 12.4. The van der Waals surface area contributed by atoms with Crippen LogP contribution in [0, 0.1) is 0 Å². The van der Waals surface area contributed by atoms with Gasteiger partial charge < -0.3 is 9.88 Å². The Labute approximate surface area is 131 Å². The van der Waals surface area contributed by atoms with E-state index in [-0.39, 0.29) is 0 Å². The molecule has 4 heteroatoms. The maximum Gasteiger partial charge on any atom is 0.0948 e. The first-order chi connectivity index (χ1) is 10.3. The lowest BCUT2D eigenvalue weighted by atomic mass is 9.79. The molecule has 3 nitrogen and oxygen atoms in total. The predicted molar refractivity (Wildman–Crippen MR) is 86.9 cm³/mol. The largest absolute Gasteiger partial charge is 0.334 e. The van der Waals surface area contributed by atoms with Crippen molar-refractivity contribution >= 4 is 11.6 Å². The van der Waals surface area contributed by atoms with Gasteiger partial charge in [0.05, 0.1) is 6.33 Å². The molecule has 1 aromatic heterocycles. The predicted octanol–water partition coefficient (Wildman–Crippen LogP) is 3.81. The van der Waals surface area contributed by atoms with Gasteiger partial charge >= 0.3 is 0 Å². The normalized spacial score (nSPS) is 22.4. The zero-order chi connectivity index (χ0) is 14.7. The van der Waals surface area contributed by atoms with Crippen LogP contribution in [0.15, 0.2) is 36.8 Å². The van der Waals surface area contributed by atoms with Crippen LogP contribution in [0.5, 0.6) is 0 Å². The third kappa shape index (κ3) is 3.14. The molecule has 1 fully saturated rings. The van der Waals surface area contributed by atoms with Crippen LogP contribution >= 0.6 is 11.6 Å². The Morgan fingerprint density at radius 3 is 2.86 bits per heavy atom. The highest BCUT2D eigenvalue weighted by Crippen LogP contribution is 2.37. The second-order valence-corrected chi connectivity index (χ2v) is 6.21. The number of nitrogens with one attached hydrogen (secondary N) is 1. The third-order valence-electron chi connectivity index (χ3n) is 4.37. The lowest BCUT2D eigenvalue weighted by Crippen LogP contribution is -2.34. The molecular formula is C17H22ClN3. The third-order valence-corrected chi connectivity index (χ3v) is 4.62. The quantitative estimate of drug-likeness (QED) is 0.931. The summed E-state index contributed by atoms with van der Waals surface area (Å²) in [7, 11) is 0. The van der Waals surface area contributed by atoms with Crippen molar-refractivity contribution in [1.82, 2.24) is 14.9 Å². The van der Waals surface area contributed by atoms with E-state index in [0.717, 1.165) is 37.5 Å². The van der Waals surface area contributed by atoms with Crippen LogP contribution in [0.2, 0.25) is 5.02 Å². The number of benzene rings is 1. The highest BCUT2D eigenvalue weighted by atomic mass is 35.5. The van der Waals surface area contributed by atoms with Gasteiger partial charge in [-0.3, -0.25) is 0 Å². The number of aromatic nitrogens is 2. The molecule has 3 rings (SSSR count). The van der Waals surface area contributed by atoms with Crippen molar-refractivity contribution in [2.24, 2.45) is 0 Å². The number of halogens is 1. The first-order valence-corrected chi connectivity index (χ1v) is 8.13. The molecule has 0 aliphatic carbocycles. The van der Waals surface area contributed by atoms with Crippen LogP contribution in [0.25, 0.3) is 0 Å². The van der Waals surface area contributed by atoms with Gasteiger partial charge in [0.25, 0.3) is 0 Å². The van der Waals surface area contributed by atoms with Crippen LogP contribution < -0.4 is 5.32 Å². The summed E-state index contributed by atoms with van der Waals surface area (Å²) >= 11 is 6.02. The van der Waals surface area contributed by atoms with Crippen molar-refractivity contribution in [3.63, 3.8) is 0 Å². The fourth-order valence-corrected chi connectivity index (χ4v) is 3.47. The Hall–Kier alpha value is -1.32. The summed E-state index contributed by atoms with van der Waals surface area (Å²) in [6.07, 6.45) is 6.32. The Kier molecular flexibility index (Phi) is 4.61. The molecular weight excluding hydrogens is 282 g/mol. The summed E-state index contributed by atoms with van der Waals surface area (Å²) in [4.78, 5) is 4.38. The van der Waals surface area contributed by atoms with E-state index >= 15 is 0 Å². The SMILES string of the molecule is CCCn1cncc1C1CCNCC1c1ccc(Cl)cc1. The molecule has 2 heterocycles. The monoisotopic (exact) mass is 303 g/mol. The standard InChI is InChI=1S/C17H22ClN3/c1-2-9-21-12-20-11-17(21)15-7-8-19-10-16(15)13-3-5-14(18)6-4-13/h3-6,11-12,15-16,19H,2,7-10H2,1H3. The van der Waals surface area contributed by atoms with E-state index in [0.29, 0.717) is 11.8 Å². The van der Waals surface area contributed by atoms with Gasteiger partial charge in [-0.1, -0.05) is 30.7 Å². The van der Waals surface area contributed by atoms with E-state index in [1.54, 1.807) is 0 Å². The molecule has 1 aliphatic heterocycles. The van der Waals surface area contributed by atoms with Crippen LogP contribution in [0.3, 0.4) is 0 Å². The maximum atomic E-state index is 6.02. The summed E-state index contributed by atoms with van der Waals surface area (Å²) in [5, 5.41) is 4.33. The van der Waals surface area contributed by atoms with E-state index in [2.05, 4.69) is 40.1 Å². The smallest absolute Gasteiger partial charge is 0.0948 e. The molecule has 0 bridgehead atoms. The number of piperidine rings is 1. The Bertz CT molecular complexity index is 576. The number of aryl methyl sites for hydroxylation is 1. The number of imidazole rings is 1. The zero-order valence-corrected chi connectivity index (χ0v) is 13.2. The van der Waals surface area contributed by atoms with Crippen molar-refractivity contribution < 1.29 is 0 Å². The van der Waals surface area contributed by atoms with Gasteiger partial charge in [-0.2, -0.15) is 0 Å². The fraction of sp³-hybridized carbons (Fsp3) is 0.471. The average molecular weight is 304 g/mol. The number of rotatable bonds is 4. The van der Waals surface area contributed by atoms with Crippen LogP contribution in [-0.2, 0) is 6.54 Å². The molecule has 2 atom stereocenters. The molecule has 2 aromatic rings. The van der Waals surface area contributed by atoms with Crippen LogP contribution in [-0.4, -0.2) is 22.6 Å². The Morgan fingerprint density at radius 2 is 2.10 bits per heavy atom. The minimum Gasteiger partial charge on any atom is -0.334 e. The van der Waals surface area contributed by atoms with Crippen molar-refractivity contribution in [3.05, 3.63) is 53.1 Å². The summed E-state index contributed by atoms with van der Waals surface area (Å²) in [5.74, 6) is 1.02. The summed E-state index contributed by atoms with van der Waals surface area (Å²) < 4.78 is 2.32. The van der Waals surface area contributed by atoms with Gasteiger partial charge in [0.2, 0.25) is 0 Å². The van der Waals surface area contributed by atoms with Gasteiger partial charge in [-0.15, -0.1) is 0 Å². The van der Waals surface area contributed by atoms with Crippen molar-refractivity contribution in [3.8, 4) is 0 Å². The van der Waals surface area contributed by atoms with Gasteiger partial charge in [-0.25, -0.2) is 4.98 Å². The fourth-order valence-electron chi connectivity index (χ4n) is 3.34. The number of hydrogen-bond acceptors (Lipinski definition) is 2. The molecule has 0 saturated carbocycles. The molecule has 0 spiro atoms. The van der Waals surface area contributed by atoms with Crippen LogP contribution in [0.1, 0.15) is 42.9 Å². The molecule has 1 aliphatic rings. The summed E-state index contributed by atoms with van der Waals surface area (Å²) in [6.45, 7) is 5.35. The van der Waals surface area contributed by atoms with E-state index in [9.17, 15) is 0 Å². The lowest BCUT2D eigenvalue weighted by Gasteiger charge is -2.33. The highest BCUT2D eigenvalue weighted by molar-refractivity contribution is 6.30. The van der Waals surface area contributed by atoms with Gasteiger partial charge in [0, 0.05) is 41.8 Å². The Morgan fingerprint density at radius 1 is 1.29 bits per heavy atom. The van der Waals surface area contributed by atoms with Crippen LogP contribution in [0.4, 0.5) is 0 Å². The lowest BCUT2D eigenvalue weighted by molar-refractivity contribution is 0.387. The maximum absolute atomic E-state index is 6.02. The number of hydrogen-bond donors (Lipinski definition) is 1. The van der Waals surface area contributed by atoms with Crippen molar-refractivity contribution in [2.45, 2.75) is 38.1 Å². The molecule has 1 N–H and O–H groups in total. The molecule has 0 radical (unpaired) electrons. The molecule has 1 saturated heterocycles. The second-order valence-electron chi connectivity index (χ2n) is 5.77. The van der Waals surface area contributed by atoms with E-state index < -0.39 is 0 Å². The highest BCUT2D eigenvalue weighted by Gasteiger charge is 2.29. The summed E-state index contributed by atoms with van der Waals surface area (Å²) in [6, 6.07) is 8.30. The minimum absolute atomic E-state index is 0.489. The molecule has 2 unspecified atom stereocenters. The second kappa shape index (κ2) is 6.63. The van der Waals surface area contributed by atoms with E-state index in [1.165, 1.54) is 11.3 Å². The Balaban J connectivity index is 1.90. The first kappa shape index (κ1) is 14.6. The first-order valence-electron chi connectivity index (χ1n) is 7.75. The molecule has 1 aromatic carbocycles. The average Bonchev–Trinajstić information content (AvgIpc) is 2.97.